The van der Waals surface area contributed by atoms with E-state index >= 15 is 0 Å². The molecular weight excluding hydrogens is 238 g/mol. The molecule has 4 heteroatoms. The standard InChI is InChI=1S/C15H15N3O/c1-19-15-5-4-12(8-16)7-14(15)11-18-10-13-3-2-6-17-9-13/h2-7,9,18H,10-11H2,1H3. The SMILES string of the molecule is COc1ccc(C#N)cc1CNCc1cccnc1. The molecule has 96 valence electrons. The lowest BCUT2D eigenvalue weighted by molar-refractivity contribution is 0.407. The number of benzene rings is 1. The molecule has 0 saturated heterocycles. The van der Waals surface area contributed by atoms with E-state index in [1.807, 2.05) is 30.5 Å². The summed E-state index contributed by atoms with van der Waals surface area (Å²) in [4.78, 5) is 4.06. The predicted molar refractivity (Wildman–Crippen MR) is 72.5 cm³/mol. The topological polar surface area (TPSA) is 57.9 Å². The summed E-state index contributed by atoms with van der Waals surface area (Å²) in [5.74, 6) is 0.790. The Morgan fingerprint density at radius 1 is 1.32 bits per heavy atom. The van der Waals surface area contributed by atoms with Crippen molar-refractivity contribution in [2.24, 2.45) is 0 Å². The first-order chi connectivity index (χ1) is 9.33. The van der Waals surface area contributed by atoms with Gasteiger partial charge in [0.05, 0.1) is 18.7 Å². The number of hydrogen-bond donors (Lipinski definition) is 1. The fourth-order valence-electron chi connectivity index (χ4n) is 1.83. The summed E-state index contributed by atoms with van der Waals surface area (Å²) >= 11 is 0. The van der Waals surface area contributed by atoms with E-state index in [2.05, 4.69) is 16.4 Å². The average Bonchev–Trinajstić information content (AvgIpc) is 2.48. The maximum absolute atomic E-state index is 8.91. The number of nitriles is 1. The van der Waals surface area contributed by atoms with Crippen LogP contribution < -0.4 is 10.1 Å². The minimum Gasteiger partial charge on any atom is -0.496 e. The zero-order valence-corrected chi connectivity index (χ0v) is 10.8. The van der Waals surface area contributed by atoms with Crippen LogP contribution in [0.4, 0.5) is 0 Å². The van der Waals surface area contributed by atoms with Crippen LogP contribution in [-0.2, 0) is 13.1 Å². The highest BCUT2D eigenvalue weighted by Crippen LogP contribution is 2.19. The molecule has 2 rings (SSSR count). The molecule has 0 saturated carbocycles. The number of ether oxygens (including phenoxy) is 1. The van der Waals surface area contributed by atoms with Crippen molar-refractivity contribution in [3.63, 3.8) is 0 Å². The summed E-state index contributed by atoms with van der Waals surface area (Å²) in [5, 5.41) is 12.2. The van der Waals surface area contributed by atoms with Crippen LogP contribution in [0.25, 0.3) is 0 Å². The van der Waals surface area contributed by atoms with Gasteiger partial charge in [0.25, 0.3) is 0 Å². The summed E-state index contributed by atoms with van der Waals surface area (Å²) in [6.07, 6.45) is 3.58. The molecule has 19 heavy (non-hydrogen) atoms. The largest absolute Gasteiger partial charge is 0.496 e. The van der Waals surface area contributed by atoms with Crippen LogP contribution >= 0.6 is 0 Å². The fourth-order valence-corrected chi connectivity index (χ4v) is 1.83. The number of nitrogens with one attached hydrogen (secondary N) is 1. The summed E-state index contributed by atoms with van der Waals surface area (Å²) < 4.78 is 5.29. The number of pyridine rings is 1. The van der Waals surface area contributed by atoms with Crippen LogP contribution in [-0.4, -0.2) is 12.1 Å². The van der Waals surface area contributed by atoms with Crippen molar-refractivity contribution in [2.45, 2.75) is 13.1 Å². The normalized spacial score (nSPS) is 9.89. The molecule has 1 aromatic heterocycles. The second-order valence-corrected chi connectivity index (χ2v) is 4.10. The molecule has 0 unspecified atom stereocenters. The van der Waals surface area contributed by atoms with Gasteiger partial charge in [-0.1, -0.05) is 6.07 Å². The Morgan fingerprint density at radius 3 is 2.89 bits per heavy atom. The van der Waals surface area contributed by atoms with Crippen molar-refractivity contribution < 1.29 is 4.74 Å². The minimum atomic E-state index is 0.638. The van der Waals surface area contributed by atoms with Crippen molar-refractivity contribution in [1.29, 1.82) is 5.26 Å². The molecule has 0 atom stereocenters. The van der Waals surface area contributed by atoms with Gasteiger partial charge in [0.1, 0.15) is 5.75 Å². The van der Waals surface area contributed by atoms with Gasteiger partial charge in [0.2, 0.25) is 0 Å². The highest BCUT2D eigenvalue weighted by atomic mass is 16.5. The number of methoxy groups -OCH3 is 1. The average molecular weight is 253 g/mol. The van der Waals surface area contributed by atoms with Gasteiger partial charge in [-0.05, 0) is 29.8 Å². The Morgan fingerprint density at radius 2 is 2.21 bits per heavy atom. The summed E-state index contributed by atoms with van der Waals surface area (Å²) in [6.45, 7) is 1.38. The second kappa shape index (κ2) is 6.53. The Hall–Kier alpha value is -2.38. The third kappa shape index (κ3) is 3.54. The maximum atomic E-state index is 8.91. The molecular formula is C15H15N3O. The lowest BCUT2D eigenvalue weighted by Gasteiger charge is -2.10. The Labute approximate surface area is 112 Å². The van der Waals surface area contributed by atoms with E-state index in [-0.39, 0.29) is 0 Å². The van der Waals surface area contributed by atoms with Gasteiger partial charge in [-0.2, -0.15) is 5.26 Å². The quantitative estimate of drug-likeness (QED) is 0.888. The molecule has 0 spiro atoms. The molecule has 0 aliphatic carbocycles. The van der Waals surface area contributed by atoms with Crippen molar-refractivity contribution in [3.8, 4) is 11.8 Å². The van der Waals surface area contributed by atoms with E-state index in [4.69, 9.17) is 10.00 Å². The van der Waals surface area contributed by atoms with E-state index in [1.165, 1.54) is 0 Å². The van der Waals surface area contributed by atoms with Crippen LogP contribution in [0.2, 0.25) is 0 Å². The Balaban J connectivity index is 2.01. The van der Waals surface area contributed by atoms with Gasteiger partial charge < -0.3 is 10.1 Å². The van der Waals surface area contributed by atoms with Crippen LogP contribution in [0, 0.1) is 11.3 Å². The molecule has 0 bridgehead atoms. The summed E-state index contributed by atoms with van der Waals surface area (Å²) in [6, 6.07) is 11.5. The van der Waals surface area contributed by atoms with Crippen LogP contribution in [0.5, 0.6) is 5.75 Å². The van der Waals surface area contributed by atoms with Crippen molar-refractivity contribution in [3.05, 3.63) is 59.4 Å². The third-order valence-electron chi connectivity index (χ3n) is 2.78. The number of rotatable bonds is 5. The molecule has 1 heterocycles. The summed E-state index contributed by atoms with van der Waals surface area (Å²) in [7, 11) is 1.63. The first-order valence-corrected chi connectivity index (χ1v) is 6.00. The Kier molecular flexibility index (Phi) is 4.49. The van der Waals surface area contributed by atoms with E-state index in [9.17, 15) is 0 Å². The van der Waals surface area contributed by atoms with E-state index < -0.39 is 0 Å². The van der Waals surface area contributed by atoms with Gasteiger partial charge in [0, 0.05) is 31.0 Å². The van der Waals surface area contributed by atoms with E-state index in [0.29, 0.717) is 12.1 Å². The zero-order valence-electron chi connectivity index (χ0n) is 10.8. The molecule has 1 aromatic carbocycles. The van der Waals surface area contributed by atoms with Crippen LogP contribution in [0.1, 0.15) is 16.7 Å². The molecule has 0 aliphatic heterocycles. The fraction of sp³-hybridized carbons (Fsp3) is 0.200. The first-order valence-electron chi connectivity index (χ1n) is 6.00. The molecule has 0 radical (unpaired) electrons. The van der Waals surface area contributed by atoms with Gasteiger partial charge in [-0.3, -0.25) is 4.98 Å². The van der Waals surface area contributed by atoms with E-state index in [1.54, 1.807) is 19.4 Å². The highest BCUT2D eigenvalue weighted by molar-refractivity contribution is 5.42. The summed E-state index contributed by atoms with van der Waals surface area (Å²) in [5.41, 5.74) is 2.74. The molecule has 2 aromatic rings. The first kappa shape index (κ1) is 13.1. The lowest BCUT2D eigenvalue weighted by Crippen LogP contribution is -2.13. The van der Waals surface area contributed by atoms with Crippen molar-refractivity contribution >= 4 is 0 Å². The minimum absolute atomic E-state index is 0.638. The van der Waals surface area contributed by atoms with Crippen LogP contribution in [0.15, 0.2) is 42.7 Å². The molecule has 0 amide bonds. The van der Waals surface area contributed by atoms with Crippen molar-refractivity contribution in [1.82, 2.24) is 10.3 Å². The third-order valence-corrected chi connectivity index (χ3v) is 2.78. The van der Waals surface area contributed by atoms with Gasteiger partial charge in [-0.15, -0.1) is 0 Å². The number of hydrogen-bond acceptors (Lipinski definition) is 4. The Bertz CT molecular complexity index is 576. The second-order valence-electron chi connectivity index (χ2n) is 4.10. The highest BCUT2D eigenvalue weighted by Gasteiger charge is 2.04. The molecule has 0 fully saturated rings. The predicted octanol–water partition coefficient (Wildman–Crippen LogP) is 2.25. The number of nitrogens with zero attached hydrogens (tertiary/aromatic N) is 2. The number of aromatic nitrogens is 1. The van der Waals surface area contributed by atoms with Crippen molar-refractivity contribution in [2.75, 3.05) is 7.11 Å². The lowest BCUT2D eigenvalue weighted by atomic mass is 10.1. The van der Waals surface area contributed by atoms with E-state index in [0.717, 1.165) is 23.4 Å². The molecule has 1 N–H and O–H groups in total. The van der Waals surface area contributed by atoms with Gasteiger partial charge >= 0.3 is 0 Å². The van der Waals surface area contributed by atoms with Gasteiger partial charge in [0.15, 0.2) is 0 Å². The zero-order chi connectivity index (χ0) is 13.5. The maximum Gasteiger partial charge on any atom is 0.123 e. The smallest absolute Gasteiger partial charge is 0.123 e. The monoisotopic (exact) mass is 253 g/mol. The molecule has 0 aliphatic rings. The van der Waals surface area contributed by atoms with Gasteiger partial charge in [-0.25, -0.2) is 0 Å². The van der Waals surface area contributed by atoms with Crippen LogP contribution in [0.3, 0.4) is 0 Å². The molecule has 4 nitrogen and oxygen atoms in total.